The highest BCUT2D eigenvalue weighted by atomic mass is 32.2. The van der Waals surface area contributed by atoms with Gasteiger partial charge in [-0.2, -0.15) is 0 Å². The first-order valence-electron chi connectivity index (χ1n) is 8.91. The van der Waals surface area contributed by atoms with Gasteiger partial charge in [0, 0.05) is 11.1 Å². The second-order valence-electron chi connectivity index (χ2n) is 6.83. The Hall–Kier alpha value is -3.08. The Morgan fingerprint density at radius 3 is 2.60 bits per heavy atom. The minimum Gasteiger partial charge on any atom is -0.461 e. The molecule has 0 aliphatic heterocycles. The summed E-state index contributed by atoms with van der Waals surface area (Å²) in [4.78, 5) is 23.1. The van der Waals surface area contributed by atoms with Gasteiger partial charge in [-0.25, -0.2) is 23.5 Å². The molecule has 0 radical (unpaired) electrons. The number of nitrogens with zero attached hydrogens (tertiary/aromatic N) is 2. The number of hydrogen-bond donors (Lipinski definition) is 2. The first kappa shape index (κ1) is 20.2. The van der Waals surface area contributed by atoms with E-state index in [0.29, 0.717) is 32.5 Å². The van der Waals surface area contributed by atoms with E-state index in [2.05, 4.69) is 15.3 Å². The summed E-state index contributed by atoms with van der Waals surface area (Å²) >= 11 is 1.24. The molecule has 1 amide bonds. The summed E-state index contributed by atoms with van der Waals surface area (Å²) in [7, 11) is -3.89. The third-order valence-electron chi connectivity index (χ3n) is 4.67. The predicted molar refractivity (Wildman–Crippen MR) is 115 cm³/mol. The Morgan fingerprint density at radius 1 is 1.17 bits per heavy atom. The highest BCUT2D eigenvalue weighted by molar-refractivity contribution is 7.89. The van der Waals surface area contributed by atoms with Crippen molar-refractivity contribution in [2.75, 3.05) is 5.32 Å². The minimum atomic E-state index is -3.89. The van der Waals surface area contributed by atoms with E-state index >= 15 is 0 Å². The molecule has 0 saturated carbocycles. The molecule has 0 aliphatic carbocycles. The smallest absolute Gasteiger partial charge is 0.266 e. The molecular formula is C20H18N4O4S2. The number of aromatic nitrogens is 2. The molecule has 3 N–H and O–H groups in total. The van der Waals surface area contributed by atoms with Crippen molar-refractivity contribution in [1.82, 2.24) is 9.97 Å². The third-order valence-corrected chi connectivity index (χ3v) is 6.91. The lowest BCUT2D eigenvalue weighted by Crippen LogP contribution is -2.16. The molecule has 3 heterocycles. The number of thiophene rings is 1. The van der Waals surface area contributed by atoms with Gasteiger partial charge in [0.25, 0.3) is 5.91 Å². The number of aryl methyl sites for hydroxylation is 3. The van der Waals surface area contributed by atoms with Crippen LogP contribution in [0.25, 0.3) is 21.8 Å². The van der Waals surface area contributed by atoms with Crippen LogP contribution in [-0.4, -0.2) is 24.3 Å². The van der Waals surface area contributed by atoms with Crippen LogP contribution < -0.4 is 10.5 Å². The predicted octanol–water partition coefficient (Wildman–Crippen LogP) is 3.78. The van der Waals surface area contributed by atoms with Gasteiger partial charge in [0.1, 0.15) is 4.83 Å². The number of sulfonamides is 1. The fourth-order valence-electron chi connectivity index (χ4n) is 3.24. The van der Waals surface area contributed by atoms with E-state index in [0.717, 1.165) is 16.6 Å². The van der Waals surface area contributed by atoms with Crippen LogP contribution in [0.4, 0.5) is 5.69 Å². The van der Waals surface area contributed by atoms with Crippen LogP contribution in [0.5, 0.6) is 0 Å². The second-order valence-corrected chi connectivity index (χ2v) is 9.35. The van der Waals surface area contributed by atoms with E-state index < -0.39 is 10.0 Å². The Balaban J connectivity index is 1.72. The van der Waals surface area contributed by atoms with Crippen molar-refractivity contribution in [3.63, 3.8) is 0 Å². The quantitative estimate of drug-likeness (QED) is 0.495. The lowest BCUT2D eigenvalue weighted by atomic mass is 10.1. The maximum Gasteiger partial charge on any atom is 0.266 e. The normalized spacial score (nSPS) is 11.7. The fourth-order valence-corrected chi connectivity index (χ4v) is 5.18. The largest absolute Gasteiger partial charge is 0.461 e. The number of carbonyl (C=O) groups is 1. The number of nitrogens with one attached hydrogen (secondary N) is 1. The fraction of sp³-hybridized carbons (Fsp3) is 0.150. The standard InChI is InChI=1S/C20H18N4O4S2/c1-10-6-7-13(9-15(10)30(21,26)27)23-19(25)17-11(2)16-12(3)22-18(24-20(16)29-17)14-5-4-8-28-14/h4-9H,1-3H3,(H,23,25)(H2,21,26,27). The monoisotopic (exact) mass is 442 g/mol. The van der Waals surface area contributed by atoms with Gasteiger partial charge in [-0.3, -0.25) is 4.79 Å². The summed E-state index contributed by atoms with van der Waals surface area (Å²) in [5.74, 6) is 0.639. The maximum absolute atomic E-state index is 12.9. The highest BCUT2D eigenvalue weighted by Crippen LogP contribution is 2.33. The molecule has 1 aromatic carbocycles. The number of fused-ring (bicyclic) bond motifs is 1. The van der Waals surface area contributed by atoms with E-state index in [1.807, 2.05) is 13.8 Å². The molecule has 4 rings (SSSR count). The van der Waals surface area contributed by atoms with Gasteiger partial charge < -0.3 is 9.73 Å². The molecule has 0 spiro atoms. The molecule has 0 unspecified atom stereocenters. The Morgan fingerprint density at radius 2 is 1.93 bits per heavy atom. The number of carbonyl (C=O) groups excluding carboxylic acids is 1. The van der Waals surface area contributed by atoms with Crippen LogP contribution in [-0.2, 0) is 10.0 Å². The number of furan rings is 1. The van der Waals surface area contributed by atoms with Crippen LogP contribution in [0.1, 0.15) is 26.5 Å². The van der Waals surface area contributed by atoms with Gasteiger partial charge in [-0.15, -0.1) is 11.3 Å². The molecule has 0 aliphatic rings. The van der Waals surface area contributed by atoms with E-state index in [1.54, 1.807) is 37.5 Å². The Labute approximate surface area is 176 Å². The molecule has 0 fully saturated rings. The number of benzene rings is 1. The molecule has 154 valence electrons. The van der Waals surface area contributed by atoms with Gasteiger partial charge >= 0.3 is 0 Å². The first-order chi connectivity index (χ1) is 14.1. The van der Waals surface area contributed by atoms with Crippen LogP contribution in [0.2, 0.25) is 0 Å². The summed E-state index contributed by atoms with van der Waals surface area (Å²) in [6.07, 6.45) is 1.55. The Bertz CT molecular complexity index is 1390. The highest BCUT2D eigenvalue weighted by Gasteiger charge is 2.21. The second kappa shape index (κ2) is 7.31. The molecule has 0 atom stereocenters. The van der Waals surface area contributed by atoms with Crippen LogP contribution in [0.15, 0.2) is 45.9 Å². The van der Waals surface area contributed by atoms with E-state index in [4.69, 9.17) is 9.56 Å². The number of rotatable bonds is 4. The number of anilines is 1. The summed E-state index contributed by atoms with van der Waals surface area (Å²) in [5, 5.41) is 8.81. The van der Waals surface area contributed by atoms with Crippen molar-refractivity contribution in [1.29, 1.82) is 0 Å². The first-order valence-corrected chi connectivity index (χ1v) is 11.3. The van der Waals surface area contributed by atoms with Crippen molar-refractivity contribution < 1.29 is 17.6 Å². The lowest BCUT2D eigenvalue weighted by Gasteiger charge is -2.08. The molecule has 4 aromatic rings. The zero-order valence-corrected chi connectivity index (χ0v) is 18.0. The molecular weight excluding hydrogens is 424 g/mol. The lowest BCUT2D eigenvalue weighted by molar-refractivity contribution is 0.103. The molecule has 3 aromatic heterocycles. The topological polar surface area (TPSA) is 128 Å². The zero-order chi connectivity index (χ0) is 21.6. The van der Waals surface area contributed by atoms with Crippen LogP contribution >= 0.6 is 11.3 Å². The summed E-state index contributed by atoms with van der Waals surface area (Å²) < 4.78 is 28.9. The minimum absolute atomic E-state index is 0.0295. The van der Waals surface area contributed by atoms with Gasteiger partial charge in [-0.05, 0) is 56.2 Å². The molecule has 8 nitrogen and oxygen atoms in total. The van der Waals surface area contributed by atoms with Crippen molar-refractivity contribution in [2.45, 2.75) is 25.7 Å². The van der Waals surface area contributed by atoms with Crippen molar-refractivity contribution in [3.8, 4) is 11.6 Å². The maximum atomic E-state index is 12.9. The van der Waals surface area contributed by atoms with Gasteiger partial charge in [-0.1, -0.05) is 6.07 Å². The number of primary sulfonamides is 1. The third kappa shape index (κ3) is 3.60. The van der Waals surface area contributed by atoms with E-state index in [9.17, 15) is 13.2 Å². The molecule has 30 heavy (non-hydrogen) atoms. The van der Waals surface area contributed by atoms with Gasteiger partial charge in [0.15, 0.2) is 11.6 Å². The zero-order valence-electron chi connectivity index (χ0n) is 16.4. The Kier molecular flexibility index (Phi) is 4.92. The number of hydrogen-bond acceptors (Lipinski definition) is 7. The average molecular weight is 443 g/mol. The van der Waals surface area contributed by atoms with Crippen molar-refractivity contribution >= 4 is 43.2 Å². The summed E-state index contributed by atoms with van der Waals surface area (Å²) in [5.41, 5.74) is 2.34. The summed E-state index contributed by atoms with van der Waals surface area (Å²) in [6, 6.07) is 8.11. The van der Waals surface area contributed by atoms with Gasteiger partial charge in [0.05, 0.1) is 21.7 Å². The molecule has 10 heteroatoms. The van der Waals surface area contributed by atoms with Crippen LogP contribution in [0, 0.1) is 20.8 Å². The van der Waals surface area contributed by atoms with E-state index in [-0.39, 0.29) is 10.8 Å². The van der Waals surface area contributed by atoms with Gasteiger partial charge in [0.2, 0.25) is 10.0 Å². The van der Waals surface area contributed by atoms with Crippen LogP contribution in [0.3, 0.4) is 0 Å². The number of amides is 1. The van der Waals surface area contributed by atoms with Crippen molar-refractivity contribution in [3.05, 3.63) is 58.3 Å². The molecule has 0 bridgehead atoms. The molecule has 0 saturated heterocycles. The average Bonchev–Trinajstić information content (AvgIpc) is 3.31. The van der Waals surface area contributed by atoms with E-state index in [1.165, 1.54) is 17.4 Å². The number of nitrogens with two attached hydrogens (primary N) is 1. The summed E-state index contributed by atoms with van der Waals surface area (Å²) in [6.45, 7) is 5.33. The SMILES string of the molecule is Cc1ccc(NC(=O)c2sc3nc(-c4ccco4)nc(C)c3c2C)cc1S(N)(=O)=O. The van der Waals surface area contributed by atoms with Crippen molar-refractivity contribution in [2.24, 2.45) is 5.14 Å².